The molecule has 4 aromatic rings. The number of carbonyl (C=O) groups is 1. The number of H-pyrrole nitrogens is 1. The highest BCUT2D eigenvalue weighted by atomic mass is 32.1. The number of nitrogens with one attached hydrogen (secondary N) is 1. The summed E-state index contributed by atoms with van der Waals surface area (Å²) in [7, 11) is 0. The second-order valence-electron chi connectivity index (χ2n) is 8.24. The minimum Gasteiger partial charge on any atom is -0.364 e. The Morgan fingerprint density at radius 1 is 1.27 bits per heavy atom. The molecule has 1 amide bonds. The minimum atomic E-state index is -4.54. The number of nitrogens with zero attached hydrogens (tertiary/aromatic N) is 3. The van der Waals surface area contributed by atoms with Gasteiger partial charge in [0.2, 0.25) is 0 Å². The van der Waals surface area contributed by atoms with Gasteiger partial charge in [-0.25, -0.2) is 15.0 Å². The van der Waals surface area contributed by atoms with Crippen LogP contribution in [0.5, 0.6) is 0 Å². The fourth-order valence-electron chi connectivity index (χ4n) is 4.71. The highest BCUT2D eigenvalue weighted by molar-refractivity contribution is 7.13. The van der Waals surface area contributed by atoms with E-state index in [0.717, 1.165) is 17.7 Å². The number of amides is 1. The van der Waals surface area contributed by atoms with E-state index in [1.54, 1.807) is 31.3 Å². The maximum Gasteiger partial charge on any atom is 0.416 e. The van der Waals surface area contributed by atoms with Gasteiger partial charge >= 0.3 is 6.18 Å². The molecule has 0 radical (unpaired) electrons. The lowest BCUT2D eigenvalue weighted by atomic mass is 9.77. The number of fused-ring (bicyclic) bond motifs is 2. The molecule has 3 N–H and O–H groups in total. The summed E-state index contributed by atoms with van der Waals surface area (Å²) in [6.45, 7) is 1.79. The van der Waals surface area contributed by atoms with E-state index in [4.69, 9.17) is 5.73 Å². The quantitative estimate of drug-likeness (QED) is 0.415. The van der Waals surface area contributed by atoms with Crippen LogP contribution < -0.4 is 5.73 Å². The van der Waals surface area contributed by atoms with Crippen LogP contribution in [0.2, 0.25) is 0 Å². The molecule has 1 aliphatic rings. The highest BCUT2D eigenvalue weighted by Gasteiger charge is 2.38. The normalized spacial score (nSPS) is 17.2. The lowest BCUT2D eigenvalue weighted by molar-refractivity contribution is -0.138. The molecule has 1 aromatic carbocycles. The molecular weight excluding hydrogens is 451 g/mol. The topological polar surface area (TPSA) is 97.5 Å². The molecule has 0 saturated heterocycles. The van der Waals surface area contributed by atoms with E-state index in [9.17, 15) is 18.0 Å². The molecule has 33 heavy (non-hydrogen) atoms. The van der Waals surface area contributed by atoms with E-state index in [1.165, 1.54) is 23.7 Å². The van der Waals surface area contributed by atoms with Gasteiger partial charge in [0, 0.05) is 27.9 Å². The number of rotatable bonds is 4. The first kappa shape index (κ1) is 21.6. The fraction of sp³-hybridized carbons (Fsp3) is 0.304. The number of halogens is 3. The lowest BCUT2D eigenvalue weighted by Crippen LogP contribution is -2.19. The van der Waals surface area contributed by atoms with Crippen molar-refractivity contribution >= 4 is 28.3 Å². The van der Waals surface area contributed by atoms with Crippen LogP contribution in [0.25, 0.3) is 22.3 Å². The predicted octanol–water partition coefficient (Wildman–Crippen LogP) is 5.42. The van der Waals surface area contributed by atoms with Crippen molar-refractivity contribution in [1.82, 2.24) is 19.9 Å². The van der Waals surface area contributed by atoms with Crippen LogP contribution in [0.3, 0.4) is 0 Å². The Balaban J connectivity index is 1.59. The van der Waals surface area contributed by atoms with Crippen LogP contribution in [-0.4, -0.2) is 25.8 Å². The van der Waals surface area contributed by atoms with Gasteiger partial charge in [0.05, 0.1) is 17.0 Å². The highest BCUT2D eigenvalue weighted by Crippen LogP contribution is 2.46. The summed E-state index contributed by atoms with van der Waals surface area (Å²) in [6, 6.07) is 6.13. The Morgan fingerprint density at radius 3 is 2.85 bits per heavy atom. The minimum absolute atomic E-state index is 0.206. The SMILES string of the molecule is CC(c1ccc(-c2ncnc3[nH]ccc23)cc1C(F)(F)F)C1CCCc2sc(C(N)=O)nc21. The van der Waals surface area contributed by atoms with Gasteiger partial charge in [-0.15, -0.1) is 11.3 Å². The van der Waals surface area contributed by atoms with Crippen molar-refractivity contribution in [2.75, 3.05) is 0 Å². The molecule has 170 valence electrons. The van der Waals surface area contributed by atoms with Crippen LogP contribution >= 0.6 is 11.3 Å². The number of benzene rings is 1. The van der Waals surface area contributed by atoms with Crippen molar-refractivity contribution in [2.45, 2.75) is 44.2 Å². The summed E-state index contributed by atoms with van der Waals surface area (Å²) in [5.41, 5.74) is 6.99. The number of nitrogens with two attached hydrogens (primary N) is 1. The van der Waals surface area contributed by atoms with Crippen molar-refractivity contribution in [3.8, 4) is 11.3 Å². The summed E-state index contributed by atoms with van der Waals surface area (Å²) in [5, 5.41) is 0.870. The summed E-state index contributed by atoms with van der Waals surface area (Å²) in [4.78, 5) is 28.3. The molecule has 1 aliphatic carbocycles. The van der Waals surface area contributed by atoms with Crippen molar-refractivity contribution in [1.29, 1.82) is 0 Å². The molecule has 0 aliphatic heterocycles. The Labute approximate surface area is 191 Å². The molecule has 5 rings (SSSR count). The first-order valence-corrected chi connectivity index (χ1v) is 11.3. The van der Waals surface area contributed by atoms with Crippen LogP contribution in [-0.2, 0) is 12.6 Å². The van der Waals surface area contributed by atoms with Gasteiger partial charge in [-0.2, -0.15) is 13.2 Å². The number of alkyl halides is 3. The zero-order chi connectivity index (χ0) is 23.3. The standard InChI is InChI=1S/C23H20F3N5OS/c1-11(14-3-2-4-17-19(14)31-22(33-17)20(27)32)13-6-5-12(9-16(13)23(24,25)26)18-15-7-8-28-21(15)30-10-29-18/h5-11,14H,2-4H2,1H3,(H2,27,32)(H,28,29,30). The maximum absolute atomic E-state index is 14.2. The predicted molar refractivity (Wildman–Crippen MR) is 119 cm³/mol. The van der Waals surface area contributed by atoms with Crippen LogP contribution in [0.1, 0.15) is 63.1 Å². The molecule has 2 atom stereocenters. The molecule has 3 aromatic heterocycles. The zero-order valence-corrected chi connectivity index (χ0v) is 18.4. The van der Waals surface area contributed by atoms with Gasteiger partial charge in [0.15, 0.2) is 5.01 Å². The first-order chi connectivity index (χ1) is 15.7. The molecule has 6 nitrogen and oxygen atoms in total. The maximum atomic E-state index is 14.2. The van der Waals surface area contributed by atoms with E-state index in [0.29, 0.717) is 34.4 Å². The summed E-state index contributed by atoms with van der Waals surface area (Å²) < 4.78 is 42.7. The number of aryl methyl sites for hydroxylation is 1. The van der Waals surface area contributed by atoms with E-state index in [1.807, 2.05) is 0 Å². The lowest BCUT2D eigenvalue weighted by Gasteiger charge is -2.29. The number of aromatic nitrogens is 4. The average Bonchev–Trinajstić information content (AvgIpc) is 3.44. The van der Waals surface area contributed by atoms with Crippen molar-refractivity contribution in [3.63, 3.8) is 0 Å². The van der Waals surface area contributed by atoms with Gasteiger partial charge in [0.25, 0.3) is 5.91 Å². The van der Waals surface area contributed by atoms with Crippen molar-refractivity contribution in [2.24, 2.45) is 5.73 Å². The Hall–Kier alpha value is -3.27. The first-order valence-electron chi connectivity index (χ1n) is 10.5. The number of thiazole rings is 1. The van der Waals surface area contributed by atoms with Gasteiger partial charge in [0.1, 0.15) is 12.0 Å². The smallest absolute Gasteiger partial charge is 0.364 e. The second-order valence-corrected chi connectivity index (χ2v) is 9.32. The molecule has 0 bridgehead atoms. The molecule has 3 heterocycles. The Bertz CT molecular complexity index is 1360. The second kappa shape index (κ2) is 7.95. The molecule has 0 spiro atoms. The number of carbonyl (C=O) groups excluding carboxylic acids is 1. The molecule has 0 saturated carbocycles. The molecule has 0 fully saturated rings. The number of aromatic amines is 1. The third kappa shape index (κ3) is 3.78. The van der Waals surface area contributed by atoms with E-state index in [2.05, 4.69) is 19.9 Å². The molecule has 10 heteroatoms. The monoisotopic (exact) mass is 471 g/mol. The summed E-state index contributed by atoms with van der Waals surface area (Å²) >= 11 is 1.25. The van der Waals surface area contributed by atoms with Crippen molar-refractivity contribution < 1.29 is 18.0 Å². The zero-order valence-electron chi connectivity index (χ0n) is 17.6. The third-order valence-corrected chi connectivity index (χ3v) is 7.43. The van der Waals surface area contributed by atoms with Crippen molar-refractivity contribution in [3.05, 3.63) is 63.5 Å². The van der Waals surface area contributed by atoms with Crippen LogP contribution in [0.15, 0.2) is 36.8 Å². The van der Waals surface area contributed by atoms with Gasteiger partial charge in [-0.3, -0.25) is 4.79 Å². The largest absolute Gasteiger partial charge is 0.416 e. The Kier molecular flexibility index (Phi) is 5.19. The fourth-order valence-corrected chi connectivity index (χ4v) is 5.74. The van der Waals surface area contributed by atoms with Crippen LogP contribution in [0, 0.1) is 0 Å². The molecule has 2 unspecified atom stereocenters. The van der Waals surface area contributed by atoms with Gasteiger partial charge in [-0.05, 0) is 42.9 Å². The van der Waals surface area contributed by atoms with Crippen LogP contribution in [0.4, 0.5) is 13.2 Å². The third-order valence-electron chi connectivity index (χ3n) is 6.29. The van der Waals surface area contributed by atoms with Gasteiger partial charge in [-0.1, -0.05) is 19.1 Å². The number of hydrogen-bond donors (Lipinski definition) is 2. The van der Waals surface area contributed by atoms with E-state index < -0.39 is 23.6 Å². The van der Waals surface area contributed by atoms with E-state index >= 15 is 0 Å². The number of hydrogen-bond acceptors (Lipinski definition) is 5. The Morgan fingerprint density at radius 2 is 2.09 bits per heavy atom. The average molecular weight is 472 g/mol. The summed E-state index contributed by atoms with van der Waals surface area (Å²) in [5.74, 6) is -1.28. The van der Waals surface area contributed by atoms with E-state index in [-0.39, 0.29) is 16.5 Å². The number of primary amides is 1. The molecular formula is C23H20F3N5OS. The summed E-state index contributed by atoms with van der Waals surface area (Å²) in [6.07, 6.45) is 0.759. The van der Waals surface area contributed by atoms with Gasteiger partial charge < -0.3 is 10.7 Å².